The number of halogens is 1. The van der Waals surface area contributed by atoms with Gasteiger partial charge >= 0.3 is 0 Å². The average molecular weight is 457 g/mol. The van der Waals surface area contributed by atoms with Crippen LogP contribution in [0.15, 0.2) is 23.1 Å². The maximum Gasteiger partial charge on any atom is 0.239 e. The molecule has 10 heteroatoms. The highest BCUT2D eigenvalue weighted by Crippen LogP contribution is 2.31. The average Bonchev–Trinajstić information content (AvgIpc) is 3.04. The Morgan fingerprint density at radius 1 is 1.23 bits per heavy atom. The zero-order valence-corrected chi connectivity index (χ0v) is 18.7. The number of benzene rings is 1. The lowest BCUT2D eigenvalue weighted by molar-refractivity contribution is -0.278. The minimum atomic E-state index is -1.55. The molecule has 1 fully saturated rings. The second kappa shape index (κ2) is 9.85. The van der Waals surface area contributed by atoms with Crippen LogP contribution in [-0.2, 0) is 11.2 Å². The molecule has 3 rings (SSSR count). The summed E-state index contributed by atoms with van der Waals surface area (Å²) in [7, 11) is 0. The lowest BCUT2D eigenvalue weighted by atomic mass is 9.99. The van der Waals surface area contributed by atoms with Crippen molar-refractivity contribution in [2.24, 2.45) is 0 Å². The van der Waals surface area contributed by atoms with Crippen molar-refractivity contribution in [1.29, 1.82) is 0 Å². The van der Waals surface area contributed by atoms with E-state index in [1.54, 1.807) is 17.0 Å². The Balaban J connectivity index is 1.93. The fourth-order valence-corrected chi connectivity index (χ4v) is 4.08. The standard InChI is InChI=1S/C21H29FN2O6S/c1-10(2)24-11(3)13(7-12-5-6-16(31-4)14(22)8-12)20(23-24)30-21-19(28)18(27)17(26)15(9-25)29-21/h5-6,8,10,15,17-19,21,25-28H,7,9H2,1-4H3/t15-,17-,18+,19-,21+/m1/s1. The van der Waals surface area contributed by atoms with Crippen LogP contribution in [0.5, 0.6) is 5.88 Å². The van der Waals surface area contributed by atoms with Crippen LogP contribution in [0.4, 0.5) is 4.39 Å². The van der Waals surface area contributed by atoms with Gasteiger partial charge in [-0.1, -0.05) is 6.07 Å². The SMILES string of the molecule is CSc1ccc(Cc2c(O[C@@H]3O[C@H](CO)[C@@H](O)[C@H](O)[C@H]3O)nn(C(C)C)c2C)cc1F. The predicted octanol–water partition coefficient (Wildman–Crippen LogP) is 1.40. The molecule has 2 heterocycles. The van der Waals surface area contributed by atoms with Crippen LogP contribution in [0.1, 0.15) is 36.7 Å². The molecule has 0 radical (unpaired) electrons. The van der Waals surface area contributed by atoms with Crippen LogP contribution in [0.25, 0.3) is 0 Å². The number of aliphatic hydroxyl groups excluding tert-OH is 4. The van der Waals surface area contributed by atoms with Crippen LogP contribution in [-0.4, -0.2) is 73.8 Å². The van der Waals surface area contributed by atoms with E-state index in [0.717, 1.165) is 11.3 Å². The Morgan fingerprint density at radius 3 is 2.52 bits per heavy atom. The lowest BCUT2D eigenvalue weighted by Gasteiger charge is -2.39. The van der Waals surface area contributed by atoms with Crippen LogP contribution in [0.3, 0.4) is 0 Å². The predicted molar refractivity (Wildman–Crippen MR) is 113 cm³/mol. The Bertz CT molecular complexity index is 906. The van der Waals surface area contributed by atoms with Gasteiger partial charge in [0.2, 0.25) is 12.2 Å². The van der Waals surface area contributed by atoms with Crippen molar-refractivity contribution in [1.82, 2.24) is 9.78 Å². The molecule has 0 spiro atoms. The van der Waals surface area contributed by atoms with Gasteiger partial charge in [0.25, 0.3) is 0 Å². The number of nitrogens with zero attached hydrogens (tertiary/aromatic N) is 2. The molecule has 0 unspecified atom stereocenters. The molecule has 2 aromatic rings. The van der Waals surface area contributed by atoms with E-state index in [9.17, 15) is 24.8 Å². The topological polar surface area (TPSA) is 117 Å². The van der Waals surface area contributed by atoms with Crippen molar-refractivity contribution in [3.63, 3.8) is 0 Å². The fourth-order valence-electron chi connectivity index (χ4n) is 3.63. The molecule has 0 amide bonds. The number of thioether (sulfide) groups is 1. The Morgan fingerprint density at radius 2 is 1.94 bits per heavy atom. The molecule has 1 aromatic carbocycles. The molecule has 0 aliphatic carbocycles. The highest BCUT2D eigenvalue weighted by atomic mass is 32.2. The number of aliphatic hydroxyl groups is 4. The van der Waals surface area contributed by atoms with Crippen molar-refractivity contribution < 1.29 is 34.3 Å². The molecule has 4 N–H and O–H groups in total. The summed E-state index contributed by atoms with van der Waals surface area (Å²) in [6.07, 6.45) is -4.88. The van der Waals surface area contributed by atoms with Crippen molar-refractivity contribution in [2.75, 3.05) is 12.9 Å². The first-order chi connectivity index (χ1) is 14.7. The van der Waals surface area contributed by atoms with Crippen LogP contribution < -0.4 is 4.74 Å². The van der Waals surface area contributed by atoms with Crippen molar-refractivity contribution in [3.05, 3.63) is 40.8 Å². The number of aromatic nitrogens is 2. The molecule has 0 saturated carbocycles. The minimum Gasteiger partial charge on any atom is -0.443 e. The first-order valence-electron chi connectivity index (χ1n) is 10.1. The van der Waals surface area contributed by atoms with Gasteiger partial charge in [-0.25, -0.2) is 4.39 Å². The van der Waals surface area contributed by atoms with E-state index in [0.29, 0.717) is 16.9 Å². The summed E-state index contributed by atoms with van der Waals surface area (Å²) in [5.74, 6) is -0.139. The molecule has 8 nitrogen and oxygen atoms in total. The maximum atomic E-state index is 14.3. The normalized spacial score (nSPS) is 26.5. The van der Waals surface area contributed by atoms with Gasteiger partial charge in [0.1, 0.15) is 30.2 Å². The molecular formula is C21H29FN2O6S. The van der Waals surface area contributed by atoms with Gasteiger partial charge in [0.05, 0.1) is 6.61 Å². The molecule has 1 aliphatic rings. The monoisotopic (exact) mass is 456 g/mol. The molecule has 1 aliphatic heterocycles. The first-order valence-corrected chi connectivity index (χ1v) is 11.3. The van der Waals surface area contributed by atoms with Crippen molar-refractivity contribution in [2.45, 2.75) is 68.8 Å². The third-order valence-corrected chi connectivity index (χ3v) is 6.17. The molecule has 5 atom stereocenters. The van der Waals surface area contributed by atoms with E-state index >= 15 is 0 Å². The van der Waals surface area contributed by atoms with E-state index in [4.69, 9.17) is 9.47 Å². The molecule has 1 aromatic heterocycles. The summed E-state index contributed by atoms with van der Waals surface area (Å²) >= 11 is 1.33. The van der Waals surface area contributed by atoms with Gasteiger partial charge in [-0.3, -0.25) is 4.68 Å². The van der Waals surface area contributed by atoms with Crippen LogP contribution >= 0.6 is 11.8 Å². The lowest BCUT2D eigenvalue weighted by Crippen LogP contribution is -2.60. The highest BCUT2D eigenvalue weighted by molar-refractivity contribution is 7.98. The summed E-state index contributed by atoms with van der Waals surface area (Å²) in [5.41, 5.74) is 2.21. The third-order valence-electron chi connectivity index (χ3n) is 5.40. The van der Waals surface area contributed by atoms with Gasteiger partial charge in [0, 0.05) is 28.6 Å². The second-order valence-corrected chi connectivity index (χ2v) is 8.72. The Hall–Kier alpha value is -1.69. The minimum absolute atomic E-state index is 0.0153. The van der Waals surface area contributed by atoms with E-state index in [1.165, 1.54) is 17.8 Å². The Labute approximate surface area is 184 Å². The Kier molecular flexibility index (Phi) is 7.61. The first kappa shape index (κ1) is 24.0. The van der Waals surface area contributed by atoms with Gasteiger partial charge in [0.15, 0.2) is 0 Å². The van der Waals surface area contributed by atoms with Crippen molar-refractivity contribution in [3.8, 4) is 5.88 Å². The molecule has 0 bridgehead atoms. The molecular weight excluding hydrogens is 427 g/mol. The largest absolute Gasteiger partial charge is 0.443 e. The summed E-state index contributed by atoms with van der Waals surface area (Å²) in [6, 6.07) is 5.03. The van der Waals surface area contributed by atoms with E-state index in [-0.39, 0.29) is 17.7 Å². The number of hydrogen-bond acceptors (Lipinski definition) is 8. The molecule has 31 heavy (non-hydrogen) atoms. The smallest absolute Gasteiger partial charge is 0.239 e. The van der Waals surface area contributed by atoms with Crippen LogP contribution in [0.2, 0.25) is 0 Å². The van der Waals surface area contributed by atoms with Crippen molar-refractivity contribution >= 4 is 11.8 Å². The highest BCUT2D eigenvalue weighted by Gasteiger charge is 2.45. The van der Waals surface area contributed by atoms with Gasteiger partial charge in [-0.15, -0.1) is 16.9 Å². The quantitative estimate of drug-likeness (QED) is 0.462. The summed E-state index contributed by atoms with van der Waals surface area (Å²) < 4.78 is 27.3. The van der Waals surface area contributed by atoms with Crippen LogP contribution in [0, 0.1) is 12.7 Å². The second-order valence-electron chi connectivity index (χ2n) is 7.87. The van der Waals surface area contributed by atoms with E-state index in [1.807, 2.05) is 26.8 Å². The van der Waals surface area contributed by atoms with Gasteiger partial charge in [-0.05, 0) is 44.7 Å². The summed E-state index contributed by atoms with van der Waals surface area (Å²) in [5, 5.41) is 44.2. The van der Waals surface area contributed by atoms with E-state index in [2.05, 4.69) is 5.10 Å². The number of ether oxygens (including phenoxy) is 2. The maximum absolute atomic E-state index is 14.3. The number of hydrogen-bond donors (Lipinski definition) is 4. The zero-order chi connectivity index (χ0) is 22.9. The third kappa shape index (κ3) is 4.89. The molecule has 1 saturated heterocycles. The van der Waals surface area contributed by atoms with Gasteiger partial charge < -0.3 is 29.9 Å². The zero-order valence-electron chi connectivity index (χ0n) is 17.9. The number of rotatable bonds is 7. The van der Waals surface area contributed by atoms with Gasteiger partial charge in [-0.2, -0.15) is 0 Å². The fraction of sp³-hybridized carbons (Fsp3) is 0.571. The molecule has 172 valence electrons. The van der Waals surface area contributed by atoms with E-state index < -0.39 is 37.3 Å². The summed E-state index contributed by atoms with van der Waals surface area (Å²) in [6.45, 7) is 5.22. The summed E-state index contributed by atoms with van der Waals surface area (Å²) in [4.78, 5) is 0.552.